The smallest absolute Gasteiger partial charge is 0.272 e. The highest BCUT2D eigenvalue weighted by Crippen LogP contribution is 2.30. The predicted molar refractivity (Wildman–Crippen MR) is 85.4 cm³/mol. The van der Waals surface area contributed by atoms with E-state index in [1.165, 1.54) is 0 Å². The number of benzene rings is 1. The van der Waals surface area contributed by atoms with Gasteiger partial charge < -0.3 is 14.8 Å². The van der Waals surface area contributed by atoms with Gasteiger partial charge in [0.25, 0.3) is 5.91 Å². The van der Waals surface area contributed by atoms with Crippen molar-refractivity contribution in [2.75, 3.05) is 7.11 Å². The molecule has 6 heteroatoms. The van der Waals surface area contributed by atoms with E-state index in [4.69, 9.17) is 9.47 Å². The summed E-state index contributed by atoms with van der Waals surface area (Å²) in [6.45, 7) is 4.40. The molecule has 23 heavy (non-hydrogen) atoms. The summed E-state index contributed by atoms with van der Waals surface area (Å²) in [5.41, 5.74) is 3.30. The third kappa shape index (κ3) is 3.22. The van der Waals surface area contributed by atoms with Gasteiger partial charge in [-0.2, -0.15) is 5.10 Å². The fourth-order valence-electron chi connectivity index (χ4n) is 2.91. The summed E-state index contributed by atoms with van der Waals surface area (Å²) in [6, 6.07) is 7.62. The molecule has 2 aromatic rings. The molecule has 3 rings (SSSR count). The Morgan fingerprint density at radius 1 is 1.48 bits per heavy atom. The summed E-state index contributed by atoms with van der Waals surface area (Å²) in [5, 5.41) is 10.0. The molecule has 2 N–H and O–H groups in total. The van der Waals surface area contributed by atoms with E-state index >= 15 is 0 Å². The third-order valence-corrected chi connectivity index (χ3v) is 4.04. The molecule has 0 spiro atoms. The molecule has 0 saturated heterocycles. The second-order valence-electron chi connectivity index (χ2n) is 5.79. The van der Waals surface area contributed by atoms with Gasteiger partial charge in [0.05, 0.1) is 25.0 Å². The highest BCUT2D eigenvalue weighted by molar-refractivity contribution is 5.94. The van der Waals surface area contributed by atoms with Gasteiger partial charge in [0.2, 0.25) is 0 Å². The molecule has 0 aliphatic carbocycles. The maximum atomic E-state index is 12.5. The number of nitrogens with zero attached hydrogens (tertiary/aromatic N) is 1. The second kappa shape index (κ2) is 6.42. The van der Waals surface area contributed by atoms with Crippen molar-refractivity contribution in [1.29, 1.82) is 0 Å². The minimum atomic E-state index is -0.174. The van der Waals surface area contributed by atoms with E-state index in [2.05, 4.69) is 15.5 Å². The largest absolute Gasteiger partial charge is 0.497 e. The number of aromatic amines is 1. The molecule has 122 valence electrons. The molecule has 0 bridgehead atoms. The van der Waals surface area contributed by atoms with Crippen LogP contribution in [0.2, 0.25) is 0 Å². The highest BCUT2D eigenvalue weighted by atomic mass is 16.5. The van der Waals surface area contributed by atoms with Gasteiger partial charge >= 0.3 is 0 Å². The van der Waals surface area contributed by atoms with Gasteiger partial charge in [-0.05, 0) is 31.5 Å². The van der Waals surface area contributed by atoms with Crippen LogP contribution in [0.1, 0.15) is 47.3 Å². The van der Waals surface area contributed by atoms with Gasteiger partial charge in [0, 0.05) is 18.5 Å². The number of rotatable bonds is 4. The molecule has 0 radical (unpaired) electrons. The highest BCUT2D eigenvalue weighted by Gasteiger charge is 2.29. The number of hydrogen-bond acceptors (Lipinski definition) is 4. The molecule has 2 atom stereocenters. The molecular weight excluding hydrogens is 294 g/mol. The number of amides is 1. The number of nitrogens with one attached hydrogen (secondary N) is 2. The van der Waals surface area contributed by atoms with Crippen LogP contribution in [0.25, 0.3) is 0 Å². The first-order valence-corrected chi connectivity index (χ1v) is 7.72. The number of H-pyrrole nitrogens is 1. The maximum Gasteiger partial charge on any atom is 0.272 e. The van der Waals surface area contributed by atoms with Crippen LogP contribution in [0.15, 0.2) is 24.3 Å². The van der Waals surface area contributed by atoms with Gasteiger partial charge in [-0.25, -0.2) is 0 Å². The molecule has 1 aliphatic heterocycles. The number of aromatic nitrogens is 2. The van der Waals surface area contributed by atoms with E-state index in [0.717, 1.165) is 22.6 Å². The predicted octanol–water partition coefficient (Wildman–Crippen LogP) is 2.37. The number of methoxy groups -OCH3 is 1. The minimum Gasteiger partial charge on any atom is -0.497 e. The van der Waals surface area contributed by atoms with Crippen LogP contribution >= 0.6 is 0 Å². The summed E-state index contributed by atoms with van der Waals surface area (Å²) in [5.74, 6) is 0.598. The van der Waals surface area contributed by atoms with Crippen LogP contribution in [0.4, 0.5) is 0 Å². The first-order chi connectivity index (χ1) is 11.1. The molecule has 1 amide bonds. The summed E-state index contributed by atoms with van der Waals surface area (Å²) in [6.07, 6.45) is 0.708. The second-order valence-corrected chi connectivity index (χ2v) is 5.79. The zero-order valence-corrected chi connectivity index (χ0v) is 13.6. The average Bonchev–Trinajstić information content (AvgIpc) is 2.97. The number of carbonyl (C=O) groups is 1. The molecule has 0 fully saturated rings. The van der Waals surface area contributed by atoms with Crippen LogP contribution in [-0.4, -0.2) is 29.3 Å². The van der Waals surface area contributed by atoms with Crippen molar-refractivity contribution in [2.45, 2.75) is 39.0 Å². The Bertz CT molecular complexity index is 711. The van der Waals surface area contributed by atoms with Gasteiger partial charge in [-0.1, -0.05) is 12.1 Å². The first kappa shape index (κ1) is 15.6. The van der Waals surface area contributed by atoms with Crippen LogP contribution in [0, 0.1) is 0 Å². The Balaban J connectivity index is 1.72. The van der Waals surface area contributed by atoms with E-state index < -0.39 is 0 Å². The lowest BCUT2D eigenvalue weighted by atomic mass is 9.99. The van der Waals surface area contributed by atoms with Crippen molar-refractivity contribution in [3.8, 4) is 5.75 Å². The standard InChI is InChI=1S/C17H21N3O3/c1-10-7-14-15(11(2)23-10)19-20-16(14)17(21)18-9-12-5-4-6-13(8-12)22-3/h4-6,8,10-11H,7,9H2,1-3H3,(H,18,21)(H,19,20)/t10-,11+/m0/s1. The monoisotopic (exact) mass is 315 g/mol. The summed E-state index contributed by atoms with van der Waals surface area (Å²) >= 11 is 0. The molecule has 0 saturated carbocycles. The van der Waals surface area contributed by atoms with Crippen molar-refractivity contribution in [3.05, 3.63) is 46.8 Å². The van der Waals surface area contributed by atoms with Crippen LogP contribution in [0.5, 0.6) is 5.75 Å². The summed E-state index contributed by atoms with van der Waals surface area (Å²) < 4.78 is 10.9. The Kier molecular flexibility index (Phi) is 4.34. The molecule has 0 unspecified atom stereocenters. The van der Waals surface area contributed by atoms with Crippen LogP contribution in [-0.2, 0) is 17.7 Å². The molecule has 1 aromatic carbocycles. The fraction of sp³-hybridized carbons (Fsp3) is 0.412. The lowest BCUT2D eigenvalue weighted by Crippen LogP contribution is -2.27. The third-order valence-electron chi connectivity index (χ3n) is 4.04. The Morgan fingerprint density at radius 2 is 2.30 bits per heavy atom. The van der Waals surface area contributed by atoms with Crippen LogP contribution in [0.3, 0.4) is 0 Å². The lowest BCUT2D eigenvalue weighted by Gasteiger charge is -2.25. The molecule has 1 aromatic heterocycles. The van der Waals surface area contributed by atoms with E-state index in [1.54, 1.807) is 7.11 Å². The summed E-state index contributed by atoms with van der Waals surface area (Å²) in [7, 11) is 1.62. The van der Waals surface area contributed by atoms with Gasteiger partial charge in [-0.15, -0.1) is 0 Å². The van der Waals surface area contributed by atoms with Crippen molar-refractivity contribution in [1.82, 2.24) is 15.5 Å². The van der Waals surface area contributed by atoms with Crippen LogP contribution < -0.4 is 10.1 Å². The van der Waals surface area contributed by atoms with Gasteiger partial charge in [0.1, 0.15) is 5.75 Å². The topological polar surface area (TPSA) is 76.2 Å². The van der Waals surface area contributed by atoms with E-state index in [1.807, 2.05) is 38.1 Å². The zero-order valence-electron chi connectivity index (χ0n) is 13.6. The van der Waals surface area contributed by atoms with Gasteiger partial charge in [0.15, 0.2) is 5.69 Å². The van der Waals surface area contributed by atoms with Crippen molar-refractivity contribution >= 4 is 5.91 Å². The lowest BCUT2D eigenvalue weighted by molar-refractivity contribution is -0.00697. The number of fused-ring (bicyclic) bond motifs is 1. The van der Waals surface area contributed by atoms with Gasteiger partial charge in [-0.3, -0.25) is 9.89 Å². The Morgan fingerprint density at radius 3 is 3.09 bits per heavy atom. The van der Waals surface area contributed by atoms with Crippen molar-refractivity contribution < 1.29 is 14.3 Å². The Hall–Kier alpha value is -2.34. The molecule has 2 heterocycles. The Labute approximate surface area is 135 Å². The maximum absolute atomic E-state index is 12.5. The zero-order chi connectivity index (χ0) is 16.4. The first-order valence-electron chi connectivity index (χ1n) is 7.72. The number of carbonyl (C=O) groups excluding carboxylic acids is 1. The van der Waals surface area contributed by atoms with E-state index in [-0.39, 0.29) is 18.1 Å². The minimum absolute atomic E-state index is 0.0683. The quantitative estimate of drug-likeness (QED) is 0.908. The average molecular weight is 315 g/mol. The SMILES string of the molecule is COc1cccc(CNC(=O)c2n[nH]c3c2C[C@H](C)O[C@@H]3C)c1. The normalized spacial score (nSPS) is 20.0. The molecule has 1 aliphatic rings. The summed E-state index contributed by atoms with van der Waals surface area (Å²) in [4.78, 5) is 12.5. The number of hydrogen-bond donors (Lipinski definition) is 2. The van der Waals surface area contributed by atoms with Crippen molar-refractivity contribution in [2.24, 2.45) is 0 Å². The van der Waals surface area contributed by atoms with E-state index in [9.17, 15) is 4.79 Å². The molecular formula is C17H21N3O3. The van der Waals surface area contributed by atoms with E-state index in [0.29, 0.717) is 18.7 Å². The van der Waals surface area contributed by atoms with Crippen molar-refractivity contribution in [3.63, 3.8) is 0 Å². The number of ether oxygens (including phenoxy) is 2. The fourth-order valence-corrected chi connectivity index (χ4v) is 2.91. The molecule has 6 nitrogen and oxygen atoms in total.